The van der Waals surface area contributed by atoms with Gasteiger partial charge in [-0.25, -0.2) is 9.35 Å². The highest BCUT2D eigenvalue weighted by Gasteiger charge is 2.37. The van der Waals surface area contributed by atoms with Crippen LogP contribution in [-0.4, -0.2) is 35.7 Å². The van der Waals surface area contributed by atoms with Gasteiger partial charge in [0.05, 0.1) is 11.3 Å². The van der Waals surface area contributed by atoms with Crippen molar-refractivity contribution in [1.82, 2.24) is 4.90 Å². The predicted molar refractivity (Wildman–Crippen MR) is 134 cm³/mol. The number of halogens is 2. The zero-order valence-corrected chi connectivity index (χ0v) is 22.0. The summed E-state index contributed by atoms with van der Waals surface area (Å²) in [7, 11) is 0.459. The van der Waals surface area contributed by atoms with E-state index in [2.05, 4.69) is 11.3 Å². The first-order valence-corrected chi connectivity index (χ1v) is 13.3. The van der Waals surface area contributed by atoms with Gasteiger partial charge in [-0.2, -0.15) is 8.78 Å². The Bertz CT molecular complexity index is 1220. The SMILES string of the molecule is Cc1cc(CN(C)C)ccc1S(N)(=O)=NC(=O)Cc1c(C(C)C)cc(OC(F)F)cc1C1CC1C. The third-order valence-corrected chi connectivity index (χ3v) is 7.83. The van der Waals surface area contributed by atoms with E-state index in [4.69, 9.17) is 9.88 Å². The van der Waals surface area contributed by atoms with Crippen molar-refractivity contribution in [3.63, 3.8) is 0 Å². The molecule has 1 fully saturated rings. The topological polar surface area (TPSA) is 85.0 Å². The van der Waals surface area contributed by atoms with E-state index in [0.717, 1.165) is 28.7 Å². The number of rotatable bonds is 9. The molecule has 3 unspecified atom stereocenters. The number of aryl methyl sites for hydroxylation is 1. The Kier molecular flexibility index (Phi) is 8.34. The van der Waals surface area contributed by atoms with Crippen LogP contribution < -0.4 is 9.88 Å². The lowest BCUT2D eigenvalue weighted by Gasteiger charge is -2.19. The molecule has 9 heteroatoms. The smallest absolute Gasteiger partial charge is 0.387 e. The summed E-state index contributed by atoms with van der Waals surface area (Å²) in [5.41, 5.74) is 4.04. The minimum absolute atomic E-state index is 0.0412. The van der Waals surface area contributed by atoms with Crippen LogP contribution in [0.2, 0.25) is 0 Å². The summed E-state index contributed by atoms with van der Waals surface area (Å²) < 4.78 is 47.8. The second-order valence-electron chi connectivity index (χ2n) is 10.0. The number of nitrogens with zero attached hydrogens (tertiary/aromatic N) is 2. The van der Waals surface area contributed by atoms with E-state index in [-0.39, 0.29) is 24.0 Å². The van der Waals surface area contributed by atoms with Crippen molar-refractivity contribution in [2.24, 2.45) is 15.4 Å². The molecule has 35 heavy (non-hydrogen) atoms. The number of amides is 1. The number of alkyl halides is 2. The molecule has 2 aromatic carbocycles. The minimum Gasteiger partial charge on any atom is -0.435 e. The molecule has 0 aliphatic heterocycles. The monoisotopic (exact) mass is 507 g/mol. The number of ether oxygens (including phenoxy) is 1. The molecular weight excluding hydrogens is 472 g/mol. The normalized spacial score (nSPS) is 19.2. The summed E-state index contributed by atoms with van der Waals surface area (Å²) in [6, 6.07) is 8.55. The fourth-order valence-corrected chi connectivity index (χ4v) is 5.80. The van der Waals surface area contributed by atoms with Crippen molar-refractivity contribution in [2.75, 3.05) is 14.1 Å². The van der Waals surface area contributed by atoms with Crippen LogP contribution in [0.4, 0.5) is 8.78 Å². The maximum absolute atomic E-state index is 13.3. The lowest BCUT2D eigenvalue weighted by molar-refractivity contribution is -0.117. The van der Waals surface area contributed by atoms with Crippen LogP contribution in [-0.2, 0) is 27.7 Å². The van der Waals surface area contributed by atoms with E-state index in [9.17, 15) is 17.8 Å². The van der Waals surface area contributed by atoms with Crippen molar-refractivity contribution < 1.29 is 22.5 Å². The fraction of sp³-hybridized carbons (Fsp3) is 0.500. The first kappa shape index (κ1) is 27.2. The average molecular weight is 508 g/mol. The van der Waals surface area contributed by atoms with Gasteiger partial charge in [-0.1, -0.05) is 32.9 Å². The predicted octanol–water partition coefficient (Wildman–Crippen LogP) is 5.37. The highest BCUT2D eigenvalue weighted by Crippen LogP contribution is 2.50. The fourth-order valence-electron chi connectivity index (χ4n) is 4.55. The Morgan fingerprint density at radius 3 is 2.43 bits per heavy atom. The molecule has 1 aliphatic carbocycles. The van der Waals surface area contributed by atoms with Crippen molar-refractivity contribution in [2.45, 2.75) is 70.4 Å². The molecule has 0 saturated heterocycles. The summed E-state index contributed by atoms with van der Waals surface area (Å²) in [6.07, 6.45) is 0.799. The van der Waals surface area contributed by atoms with Crippen LogP contribution in [0.15, 0.2) is 39.6 Å². The Morgan fingerprint density at radius 1 is 1.26 bits per heavy atom. The maximum Gasteiger partial charge on any atom is 0.387 e. The standard InChI is InChI=1S/C26H35F2N3O3S/c1-15(2)20-11-19(34-26(27)28)12-22(21-10-16(21)3)23(20)13-25(32)30-35(29,33)24-8-7-18(9-17(24)4)14-31(5)6/h7-9,11-12,15-16,21,26H,10,13-14H2,1-6H3,(H2,29,30,32,33). The number of hydrogen-bond donors (Lipinski definition) is 1. The van der Waals surface area contributed by atoms with E-state index in [0.29, 0.717) is 22.9 Å². The third-order valence-electron chi connectivity index (χ3n) is 6.27. The minimum atomic E-state index is -3.45. The largest absolute Gasteiger partial charge is 0.435 e. The Balaban J connectivity index is 1.97. The lowest BCUT2D eigenvalue weighted by Crippen LogP contribution is -2.18. The molecule has 1 amide bonds. The maximum atomic E-state index is 13.3. The van der Waals surface area contributed by atoms with E-state index >= 15 is 0 Å². The van der Waals surface area contributed by atoms with Crippen LogP contribution >= 0.6 is 0 Å². The molecule has 1 aliphatic rings. The molecule has 2 N–H and O–H groups in total. The molecule has 3 rings (SSSR count). The molecule has 6 nitrogen and oxygen atoms in total. The van der Waals surface area contributed by atoms with Gasteiger partial charge in [-0.3, -0.25) is 4.79 Å². The van der Waals surface area contributed by atoms with Gasteiger partial charge in [0.25, 0.3) is 5.91 Å². The molecule has 0 aromatic heterocycles. The summed E-state index contributed by atoms with van der Waals surface area (Å²) in [4.78, 5) is 15.4. The summed E-state index contributed by atoms with van der Waals surface area (Å²) >= 11 is 0. The number of carbonyl (C=O) groups excluding carboxylic acids is 1. The van der Waals surface area contributed by atoms with E-state index in [1.807, 2.05) is 45.0 Å². The summed E-state index contributed by atoms with van der Waals surface area (Å²) in [5.74, 6) is -0.0225. The van der Waals surface area contributed by atoms with Gasteiger partial charge in [0.1, 0.15) is 15.7 Å². The number of carbonyl (C=O) groups is 1. The molecule has 0 radical (unpaired) electrons. The highest BCUT2D eigenvalue weighted by atomic mass is 32.2. The average Bonchev–Trinajstić information content (AvgIpc) is 3.43. The Morgan fingerprint density at radius 2 is 1.91 bits per heavy atom. The van der Waals surface area contributed by atoms with Gasteiger partial charge >= 0.3 is 6.61 Å². The number of hydrogen-bond acceptors (Lipinski definition) is 4. The summed E-state index contributed by atoms with van der Waals surface area (Å²) in [5, 5.41) is 6.08. The second-order valence-corrected chi connectivity index (χ2v) is 11.8. The van der Waals surface area contributed by atoms with Crippen LogP contribution in [0.3, 0.4) is 0 Å². The summed E-state index contributed by atoms with van der Waals surface area (Å²) in [6.45, 7) is 5.51. The van der Waals surface area contributed by atoms with Gasteiger partial charge in [0.15, 0.2) is 0 Å². The molecule has 0 bridgehead atoms. The van der Waals surface area contributed by atoms with Crippen molar-refractivity contribution in [3.05, 3.63) is 58.1 Å². The first-order chi connectivity index (χ1) is 16.3. The van der Waals surface area contributed by atoms with Crippen LogP contribution in [0.25, 0.3) is 0 Å². The van der Waals surface area contributed by atoms with Crippen LogP contribution in [0, 0.1) is 12.8 Å². The van der Waals surface area contributed by atoms with Crippen LogP contribution in [0.1, 0.15) is 66.8 Å². The van der Waals surface area contributed by atoms with E-state index in [1.165, 1.54) is 0 Å². The van der Waals surface area contributed by atoms with Gasteiger partial charge in [0.2, 0.25) is 0 Å². The van der Waals surface area contributed by atoms with Gasteiger partial charge in [-0.05, 0) is 91.2 Å². The quantitative estimate of drug-likeness (QED) is 0.494. The highest BCUT2D eigenvalue weighted by molar-refractivity contribution is 7.91. The lowest BCUT2D eigenvalue weighted by atomic mass is 9.88. The number of nitrogens with two attached hydrogens (primary N) is 1. The molecule has 3 atom stereocenters. The van der Waals surface area contributed by atoms with E-state index in [1.54, 1.807) is 25.1 Å². The molecule has 1 saturated carbocycles. The molecular formula is C26H35F2N3O3S. The Hall–Kier alpha value is -2.36. The molecule has 192 valence electrons. The zero-order chi connectivity index (χ0) is 26.1. The van der Waals surface area contributed by atoms with Crippen molar-refractivity contribution in [3.8, 4) is 5.75 Å². The van der Waals surface area contributed by atoms with Gasteiger partial charge in [0, 0.05) is 6.54 Å². The molecule has 0 heterocycles. The van der Waals surface area contributed by atoms with E-state index < -0.39 is 22.4 Å². The first-order valence-electron chi connectivity index (χ1n) is 11.7. The third kappa shape index (κ3) is 6.86. The van der Waals surface area contributed by atoms with Crippen molar-refractivity contribution in [1.29, 1.82) is 0 Å². The van der Waals surface area contributed by atoms with Gasteiger partial charge in [-0.15, -0.1) is 4.36 Å². The molecule has 2 aromatic rings. The second kappa shape index (κ2) is 10.7. The van der Waals surface area contributed by atoms with Gasteiger partial charge < -0.3 is 9.64 Å². The van der Waals surface area contributed by atoms with Crippen LogP contribution in [0.5, 0.6) is 5.75 Å². The number of benzene rings is 2. The van der Waals surface area contributed by atoms with Crippen molar-refractivity contribution >= 4 is 15.8 Å². The Labute approximate surface area is 207 Å². The molecule has 0 spiro atoms. The zero-order valence-electron chi connectivity index (χ0n) is 21.2.